The quantitative estimate of drug-likeness (QED) is 0.495. The van der Waals surface area contributed by atoms with Crippen LogP contribution in [-0.2, 0) is 12.8 Å². The molecule has 0 fully saturated rings. The largest absolute Gasteiger partial charge is 0.492 e. The minimum absolute atomic E-state index is 0.201. The fourth-order valence-electron chi connectivity index (χ4n) is 2.92. The van der Waals surface area contributed by atoms with Gasteiger partial charge < -0.3 is 10.1 Å². The first-order chi connectivity index (χ1) is 12.0. The van der Waals surface area contributed by atoms with Crippen molar-refractivity contribution in [3.8, 4) is 5.75 Å². The first kappa shape index (κ1) is 16.9. The minimum Gasteiger partial charge on any atom is -0.492 e. The van der Waals surface area contributed by atoms with Gasteiger partial charge in [-0.1, -0.05) is 6.07 Å². The topological polar surface area (TPSA) is 94.4 Å². The predicted molar refractivity (Wildman–Crippen MR) is 91.9 cm³/mol. The third-order valence-corrected chi connectivity index (χ3v) is 4.25. The summed E-state index contributed by atoms with van der Waals surface area (Å²) < 4.78 is 5.67. The number of hydrogen-bond donors (Lipinski definition) is 1. The van der Waals surface area contributed by atoms with Crippen molar-refractivity contribution < 1.29 is 14.5 Å². The highest BCUT2D eigenvalue weighted by molar-refractivity contribution is 5.95. The molecule has 1 N–H and O–H groups in total. The molecule has 1 aromatic carbocycles. The van der Waals surface area contributed by atoms with Crippen LogP contribution in [0.4, 0.5) is 5.69 Å². The summed E-state index contributed by atoms with van der Waals surface area (Å²) in [7, 11) is 0. The summed E-state index contributed by atoms with van der Waals surface area (Å²) in [6.45, 7) is 2.27. The van der Waals surface area contributed by atoms with Gasteiger partial charge in [0.25, 0.3) is 11.6 Å². The smallest absolute Gasteiger partial charge is 0.288 e. The molecule has 1 aliphatic rings. The first-order valence-electron chi connectivity index (χ1n) is 8.18. The van der Waals surface area contributed by atoms with E-state index in [1.807, 2.05) is 6.07 Å². The molecule has 0 saturated heterocycles. The third-order valence-electron chi connectivity index (χ3n) is 4.25. The Morgan fingerprint density at radius 1 is 1.32 bits per heavy atom. The molecule has 0 aliphatic heterocycles. The summed E-state index contributed by atoms with van der Waals surface area (Å²) >= 11 is 0. The average molecular weight is 341 g/mol. The average Bonchev–Trinajstić information content (AvgIpc) is 3.06. The number of ether oxygens (including phenoxy) is 1. The van der Waals surface area contributed by atoms with Crippen LogP contribution in [0.2, 0.25) is 0 Å². The van der Waals surface area contributed by atoms with Crippen LogP contribution in [0, 0.1) is 17.0 Å². The van der Waals surface area contributed by atoms with Crippen molar-refractivity contribution in [3.05, 3.63) is 63.0 Å². The molecule has 0 bridgehead atoms. The highest BCUT2D eigenvalue weighted by Crippen LogP contribution is 2.25. The van der Waals surface area contributed by atoms with Crippen LogP contribution in [-0.4, -0.2) is 29.0 Å². The van der Waals surface area contributed by atoms with Crippen molar-refractivity contribution in [2.24, 2.45) is 0 Å². The van der Waals surface area contributed by atoms with Crippen LogP contribution in [0.5, 0.6) is 5.75 Å². The second-order valence-corrected chi connectivity index (χ2v) is 5.97. The number of carbonyl (C=O) groups is 1. The first-order valence-corrected chi connectivity index (χ1v) is 8.18. The summed E-state index contributed by atoms with van der Waals surface area (Å²) in [5, 5.41) is 13.5. The van der Waals surface area contributed by atoms with Gasteiger partial charge in [-0.15, -0.1) is 0 Å². The van der Waals surface area contributed by atoms with E-state index < -0.39 is 10.8 Å². The molecule has 2 aromatic rings. The van der Waals surface area contributed by atoms with Crippen molar-refractivity contribution >= 4 is 11.6 Å². The number of nitro groups is 1. The van der Waals surface area contributed by atoms with Gasteiger partial charge in [-0.3, -0.25) is 19.9 Å². The molecule has 0 spiro atoms. The van der Waals surface area contributed by atoms with Crippen molar-refractivity contribution in [1.82, 2.24) is 10.3 Å². The molecule has 0 saturated carbocycles. The van der Waals surface area contributed by atoms with E-state index in [1.54, 1.807) is 6.92 Å². The number of nitrogens with one attached hydrogen (secondary N) is 1. The van der Waals surface area contributed by atoms with E-state index >= 15 is 0 Å². The summed E-state index contributed by atoms with van der Waals surface area (Å²) in [5.74, 6) is 0.398. The zero-order chi connectivity index (χ0) is 17.8. The van der Waals surface area contributed by atoms with Gasteiger partial charge in [0.1, 0.15) is 18.6 Å². The molecule has 1 aromatic heterocycles. The summed E-state index contributed by atoms with van der Waals surface area (Å²) in [6, 6.07) is 7.33. The van der Waals surface area contributed by atoms with Crippen molar-refractivity contribution in [2.75, 3.05) is 13.2 Å². The van der Waals surface area contributed by atoms with E-state index in [4.69, 9.17) is 4.74 Å². The third kappa shape index (κ3) is 3.93. The molecule has 130 valence electrons. The lowest BCUT2D eigenvalue weighted by Gasteiger charge is -2.10. The van der Waals surface area contributed by atoms with Gasteiger partial charge in [-0.05, 0) is 49.4 Å². The Morgan fingerprint density at radius 3 is 2.92 bits per heavy atom. The predicted octanol–water partition coefficient (Wildman–Crippen LogP) is 2.60. The zero-order valence-corrected chi connectivity index (χ0v) is 13.9. The SMILES string of the molecule is Cc1ncc([N+](=O)[O-])cc1C(=O)NCCOc1ccc2c(c1)CCC2. The number of fused-ring (bicyclic) bond motifs is 1. The van der Waals surface area contributed by atoms with Gasteiger partial charge >= 0.3 is 0 Å². The Morgan fingerprint density at radius 2 is 2.12 bits per heavy atom. The Balaban J connectivity index is 1.53. The number of amides is 1. The molecule has 7 nitrogen and oxygen atoms in total. The number of aromatic nitrogens is 1. The second-order valence-electron chi connectivity index (χ2n) is 5.97. The molecule has 0 atom stereocenters. The summed E-state index contributed by atoms with van der Waals surface area (Å²) in [4.78, 5) is 26.3. The lowest BCUT2D eigenvalue weighted by molar-refractivity contribution is -0.385. The fraction of sp³-hybridized carbons (Fsp3) is 0.333. The molecule has 1 aliphatic carbocycles. The van der Waals surface area contributed by atoms with Gasteiger partial charge in [0.2, 0.25) is 0 Å². The molecule has 1 heterocycles. The van der Waals surface area contributed by atoms with Gasteiger partial charge in [0.05, 0.1) is 22.7 Å². The Kier molecular flexibility index (Phi) is 4.92. The lowest BCUT2D eigenvalue weighted by atomic mass is 10.1. The van der Waals surface area contributed by atoms with Crippen molar-refractivity contribution in [3.63, 3.8) is 0 Å². The van der Waals surface area contributed by atoms with Crippen LogP contribution in [0.3, 0.4) is 0 Å². The van der Waals surface area contributed by atoms with Gasteiger partial charge in [0, 0.05) is 6.07 Å². The maximum Gasteiger partial charge on any atom is 0.288 e. The number of benzene rings is 1. The number of rotatable bonds is 6. The number of pyridine rings is 1. The highest BCUT2D eigenvalue weighted by Gasteiger charge is 2.16. The fourth-order valence-corrected chi connectivity index (χ4v) is 2.92. The van der Waals surface area contributed by atoms with Crippen LogP contribution in [0.15, 0.2) is 30.5 Å². The van der Waals surface area contributed by atoms with Crippen LogP contribution < -0.4 is 10.1 Å². The Labute approximate surface area is 145 Å². The standard InChI is InChI=1S/C18H19N3O4/c1-12-17(10-15(11-20-12)21(23)24)18(22)19-7-8-25-16-6-5-13-3-2-4-14(13)9-16/h5-6,9-11H,2-4,7-8H2,1H3,(H,19,22). The Hall–Kier alpha value is -2.96. The number of nitrogens with zero attached hydrogens (tertiary/aromatic N) is 2. The second kappa shape index (κ2) is 7.29. The number of carbonyl (C=O) groups excluding carboxylic acids is 1. The van der Waals surface area contributed by atoms with Gasteiger partial charge in [-0.25, -0.2) is 0 Å². The molecule has 3 rings (SSSR count). The maximum atomic E-state index is 12.2. The van der Waals surface area contributed by atoms with E-state index in [9.17, 15) is 14.9 Å². The molecular weight excluding hydrogens is 322 g/mol. The van der Waals surface area contributed by atoms with E-state index in [0.29, 0.717) is 18.8 Å². The van der Waals surface area contributed by atoms with E-state index in [0.717, 1.165) is 24.8 Å². The van der Waals surface area contributed by atoms with E-state index in [2.05, 4.69) is 22.4 Å². The maximum absolute atomic E-state index is 12.2. The van der Waals surface area contributed by atoms with Crippen LogP contribution in [0.25, 0.3) is 0 Å². The van der Waals surface area contributed by atoms with Crippen LogP contribution >= 0.6 is 0 Å². The molecule has 7 heteroatoms. The van der Waals surface area contributed by atoms with Gasteiger partial charge in [0.15, 0.2) is 0 Å². The molecule has 0 unspecified atom stereocenters. The summed E-state index contributed by atoms with van der Waals surface area (Å²) in [6.07, 6.45) is 4.54. The normalized spacial score (nSPS) is 12.5. The monoisotopic (exact) mass is 341 g/mol. The minimum atomic E-state index is -0.569. The molecule has 1 amide bonds. The number of hydrogen-bond acceptors (Lipinski definition) is 5. The molecule has 0 radical (unpaired) electrons. The van der Waals surface area contributed by atoms with Crippen LogP contribution in [0.1, 0.15) is 33.6 Å². The number of aryl methyl sites for hydroxylation is 3. The van der Waals surface area contributed by atoms with Gasteiger partial charge in [-0.2, -0.15) is 0 Å². The zero-order valence-electron chi connectivity index (χ0n) is 13.9. The molecular formula is C18H19N3O4. The Bertz CT molecular complexity index is 820. The highest BCUT2D eigenvalue weighted by atomic mass is 16.6. The lowest BCUT2D eigenvalue weighted by Crippen LogP contribution is -2.29. The van der Waals surface area contributed by atoms with E-state index in [-0.39, 0.29) is 11.3 Å². The summed E-state index contributed by atoms with van der Waals surface area (Å²) in [5.41, 5.74) is 3.16. The molecule has 25 heavy (non-hydrogen) atoms. The van der Waals surface area contributed by atoms with Crippen molar-refractivity contribution in [1.29, 1.82) is 0 Å². The van der Waals surface area contributed by atoms with E-state index in [1.165, 1.54) is 23.6 Å². The van der Waals surface area contributed by atoms with Crippen molar-refractivity contribution in [2.45, 2.75) is 26.2 Å².